The number of nitrogens with two attached hydrogens (primary N) is 8. The monoisotopic (exact) mass is 677 g/mol. The topological polar surface area (TPSA) is 245 Å². The third-order valence-corrected chi connectivity index (χ3v) is 8.20. The second-order valence-electron chi connectivity index (χ2n) is 12.4. The molecule has 0 unspecified atom stereocenters. The predicted octanol–water partition coefficient (Wildman–Crippen LogP) is -2.46. The Hall–Kier alpha value is -0.560. The average Bonchev–Trinajstić information content (AvgIpc) is 3.10. The van der Waals surface area contributed by atoms with E-state index >= 15 is 0 Å². The van der Waals surface area contributed by atoms with Gasteiger partial charge < -0.3 is 66.3 Å². The van der Waals surface area contributed by atoms with Crippen LogP contribution in [-0.2, 0) is 0 Å². The van der Waals surface area contributed by atoms with Gasteiger partial charge in [0.15, 0.2) is 0 Å². The second-order valence-corrected chi connectivity index (χ2v) is 12.4. The van der Waals surface area contributed by atoms with Crippen molar-refractivity contribution in [3.63, 3.8) is 0 Å². The van der Waals surface area contributed by atoms with Crippen LogP contribution in [0.1, 0.15) is 57.8 Å². The van der Waals surface area contributed by atoms with Gasteiger partial charge in [-0.3, -0.25) is 9.80 Å². The predicted molar refractivity (Wildman–Crippen MR) is 205 cm³/mol. The normalized spacial score (nSPS) is 15.8. The number of rotatable bonds is 25. The standard InChI is InChI=1S/C11H26N4.C9H21N3.C8H23N5.C5H14N2/c12-4-2-1-3-6-14-8-10-15(7-5-13)11-9-14;10-4-2-1-3-7-12-8-5-11-6-9-12;9-1-4-12-5-8-13(6-2-10)7-3-11;6-4-2-1-3-5-7/h1-13H2;11H,1-10H2;12H,1-11H2;1-7H2. The number of piperazine rings is 2. The van der Waals surface area contributed by atoms with Gasteiger partial charge in [-0.2, -0.15) is 0 Å². The third-order valence-electron chi connectivity index (χ3n) is 8.20. The maximum atomic E-state index is 5.54. The minimum absolute atomic E-state index is 0.688. The van der Waals surface area contributed by atoms with Gasteiger partial charge in [-0.25, -0.2) is 0 Å². The maximum absolute atomic E-state index is 5.54. The molecule has 2 aliphatic heterocycles. The number of hydrogen-bond acceptors (Lipinski definition) is 14. The molecule has 47 heavy (non-hydrogen) atoms. The zero-order valence-electron chi connectivity index (χ0n) is 30.7. The van der Waals surface area contributed by atoms with E-state index in [2.05, 4.69) is 30.2 Å². The number of unbranched alkanes of at least 4 members (excludes halogenated alkanes) is 6. The molecule has 0 saturated carbocycles. The Kier molecular flexibility index (Phi) is 43.0. The summed E-state index contributed by atoms with van der Waals surface area (Å²) in [7, 11) is 0. The summed E-state index contributed by atoms with van der Waals surface area (Å²) in [6.45, 7) is 24.0. The average molecular weight is 677 g/mol. The summed E-state index contributed by atoms with van der Waals surface area (Å²) in [6.07, 6.45) is 11.0. The molecule has 0 amide bonds. The molecular weight excluding hydrogens is 592 g/mol. The van der Waals surface area contributed by atoms with E-state index in [9.17, 15) is 0 Å². The van der Waals surface area contributed by atoms with Crippen LogP contribution < -0.4 is 56.5 Å². The Morgan fingerprint density at radius 2 is 0.830 bits per heavy atom. The number of hydrogen-bond donors (Lipinski definition) is 10. The highest BCUT2D eigenvalue weighted by Crippen LogP contribution is 2.04. The zero-order valence-corrected chi connectivity index (χ0v) is 30.7. The molecule has 2 aliphatic rings. The first-order chi connectivity index (χ1) is 23.1. The third kappa shape index (κ3) is 36.5. The molecule has 2 rings (SSSR count). The molecule has 0 radical (unpaired) electrons. The molecule has 2 fully saturated rings. The van der Waals surface area contributed by atoms with Crippen LogP contribution in [0.5, 0.6) is 0 Å². The van der Waals surface area contributed by atoms with Crippen molar-refractivity contribution < 1.29 is 0 Å². The highest BCUT2D eigenvalue weighted by Gasteiger charge is 2.15. The van der Waals surface area contributed by atoms with Gasteiger partial charge in [0.1, 0.15) is 0 Å². The molecule has 286 valence electrons. The van der Waals surface area contributed by atoms with Crippen LogP contribution in [0.25, 0.3) is 0 Å². The van der Waals surface area contributed by atoms with Crippen molar-refractivity contribution in [3.8, 4) is 0 Å². The summed E-state index contributed by atoms with van der Waals surface area (Å²) in [5.74, 6) is 0. The van der Waals surface area contributed by atoms with Crippen molar-refractivity contribution in [1.82, 2.24) is 30.2 Å². The lowest BCUT2D eigenvalue weighted by atomic mass is 10.2. The van der Waals surface area contributed by atoms with Crippen molar-refractivity contribution in [1.29, 1.82) is 0 Å². The number of nitrogens with zero attached hydrogens (tertiary/aromatic N) is 4. The summed E-state index contributed by atoms with van der Waals surface area (Å²) >= 11 is 0. The zero-order chi connectivity index (χ0) is 35.1. The van der Waals surface area contributed by atoms with E-state index in [1.54, 1.807) is 0 Å². The molecule has 14 heteroatoms. The first-order valence-corrected chi connectivity index (χ1v) is 19.0. The largest absolute Gasteiger partial charge is 0.330 e. The Labute approximate surface area is 290 Å². The van der Waals surface area contributed by atoms with E-state index in [1.807, 2.05) is 0 Å². The fourth-order valence-corrected chi connectivity index (χ4v) is 5.30. The highest BCUT2D eigenvalue weighted by molar-refractivity contribution is 4.72. The van der Waals surface area contributed by atoms with Gasteiger partial charge in [0.2, 0.25) is 0 Å². The lowest BCUT2D eigenvalue weighted by molar-refractivity contribution is 0.133. The minimum Gasteiger partial charge on any atom is -0.330 e. The van der Waals surface area contributed by atoms with Crippen molar-refractivity contribution >= 4 is 0 Å². The van der Waals surface area contributed by atoms with E-state index in [1.165, 1.54) is 97.3 Å². The molecule has 18 N–H and O–H groups in total. The molecule has 0 aromatic heterocycles. The highest BCUT2D eigenvalue weighted by atomic mass is 15.3. The van der Waals surface area contributed by atoms with Crippen molar-refractivity contribution in [3.05, 3.63) is 0 Å². The molecule has 0 atom stereocenters. The van der Waals surface area contributed by atoms with Crippen LogP contribution in [0.2, 0.25) is 0 Å². The fraction of sp³-hybridized carbons (Fsp3) is 1.00. The summed E-state index contributed by atoms with van der Waals surface area (Å²) < 4.78 is 0. The van der Waals surface area contributed by atoms with E-state index in [0.717, 1.165) is 97.9 Å². The first-order valence-electron chi connectivity index (χ1n) is 19.0. The van der Waals surface area contributed by atoms with Gasteiger partial charge in [0.05, 0.1) is 0 Å². The molecule has 0 aromatic rings. The summed E-state index contributed by atoms with van der Waals surface area (Å²) in [4.78, 5) is 9.80. The SMILES string of the molecule is NCCCCCN.NCCCCCN1CCN(CCN)CC1.NCCCCCN1CCNCC1.NCCNCCN(CCN)CCN. The van der Waals surface area contributed by atoms with Crippen LogP contribution in [0.4, 0.5) is 0 Å². The minimum atomic E-state index is 0.688. The van der Waals surface area contributed by atoms with Crippen LogP contribution >= 0.6 is 0 Å². The Bertz CT molecular complexity index is 537. The lowest BCUT2D eigenvalue weighted by Gasteiger charge is -2.34. The van der Waals surface area contributed by atoms with Crippen molar-refractivity contribution in [2.75, 3.05) is 157 Å². The fourth-order valence-electron chi connectivity index (χ4n) is 5.30. The summed E-state index contributed by atoms with van der Waals surface area (Å²) in [6, 6.07) is 0. The van der Waals surface area contributed by atoms with E-state index in [4.69, 9.17) is 45.9 Å². The van der Waals surface area contributed by atoms with Crippen LogP contribution in [-0.4, -0.2) is 177 Å². The van der Waals surface area contributed by atoms with Gasteiger partial charge in [0.25, 0.3) is 0 Å². The van der Waals surface area contributed by atoms with Crippen LogP contribution in [0.15, 0.2) is 0 Å². The summed E-state index contributed by atoms with van der Waals surface area (Å²) in [5, 5.41) is 6.59. The number of nitrogens with one attached hydrogen (secondary N) is 2. The molecule has 0 aliphatic carbocycles. The molecule has 2 heterocycles. The Morgan fingerprint density at radius 3 is 1.23 bits per heavy atom. The quantitative estimate of drug-likeness (QED) is 0.0451. The van der Waals surface area contributed by atoms with E-state index in [-0.39, 0.29) is 0 Å². The Morgan fingerprint density at radius 1 is 0.404 bits per heavy atom. The molecule has 0 spiro atoms. The van der Waals surface area contributed by atoms with Gasteiger partial charge in [-0.15, -0.1) is 0 Å². The van der Waals surface area contributed by atoms with Crippen LogP contribution in [0, 0.1) is 0 Å². The second kappa shape index (κ2) is 41.6. The van der Waals surface area contributed by atoms with Gasteiger partial charge in [-0.1, -0.05) is 19.3 Å². The van der Waals surface area contributed by atoms with E-state index < -0.39 is 0 Å². The summed E-state index contributed by atoms with van der Waals surface area (Å²) in [5.41, 5.74) is 43.2. The van der Waals surface area contributed by atoms with Gasteiger partial charge >= 0.3 is 0 Å². The lowest BCUT2D eigenvalue weighted by Crippen LogP contribution is -2.47. The maximum Gasteiger partial charge on any atom is 0.0110 e. The van der Waals surface area contributed by atoms with Crippen LogP contribution in [0.3, 0.4) is 0 Å². The molecule has 2 saturated heterocycles. The van der Waals surface area contributed by atoms with Crippen molar-refractivity contribution in [2.45, 2.75) is 57.8 Å². The van der Waals surface area contributed by atoms with E-state index in [0.29, 0.717) is 19.6 Å². The first kappa shape index (κ1) is 48.6. The van der Waals surface area contributed by atoms with Crippen molar-refractivity contribution in [2.24, 2.45) is 45.9 Å². The Balaban J connectivity index is 0. The van der Waals surface area contributed by atoms with Gasteiger partial charge in [-0.05, 0) is 77.8 Å². The molecule has 0 bridgehead atoms. The van der Waals surface area contributed by atoms with Gasteiger partial charge in [0, 0.05) is 118 Å². The molecule has 0 aromatic carbocycles. The molecular formula is C33H84N14. The smallest absolute Gasteiger partial charge is 0.0110 e. The molecule has 14 nitrogen and oxygen atoms in total.